The molecule has 0 aliphatic rings. The molecular weight excluding hydrogens is 410 g/mol. The molecule has 0 radical (unpaired) electrons. The van der Waals surface area contributed by atoms with Crippen molar-refractivity contribution in [3.63, 3.8) is 0 Å². The third kappa shape index (κ3) is 7.66. The standard InChI is InChI=1S/C23H31N5O4/c1-23(2,3)20(26-22(31)32-4)21(30)27-28(13-11-19(24)29)15-16-8-7-9-17(14-16)18-10-5-6-12-25-18/h5-10,12,14,20H,11,13,15H2,1-4H3,(H2,24,29)(H,26,31)(H,27,30)/t20-/m1/s1. The van der Waals surface area contributed by atoms with Gasteiger partial charge in [0.25, 0.3) is 5.91 Å². The lowest BCUT2D eigenvalue weighted by Crippen LogP contribution is -2.57. The van der Waals surface area contributed by atoms with E-state index in [1.54, 1.807) is 11.2 Å². The molecule has 9 heteroatoms. The van der Waals surface area contributed by atoms with Crippen LogP contribution in [0.5, 0.6) is 0 Å². The molecule has 0 saturated heterocycles. The Balaban J connectivity index is 2.21. The number of pyridine rings is 1. The molecule has 3 amide bonds. The highest BCUT2D eigenvalue weighted by molar-refractivity contribution is 5.86. The lowest BCUT2D eigenvalue weighted by molar-refractivity contribution is -0.131. The minimum absolute atomic E-state index is 0.0603. The van der Waals surface area contributed by atoms with E-state index in [0.717, 1.165) is 16.8 Å². The first-order valence-corrected chi connectivity index (χ1v) is 10.3. The van der Waals surface area contributed by atoms with Crippen LogP contribution >= 0.6 is 0 Å². The molecule has 1 heterocycles. The highest BCUT2D eigenvalue weighted by atomic mass is 16.5. The lowest BCUT2D eigenvalue weighted by Gasteiger charge is -2.32. The van der Waals surface area contributed by atoms with E-state index < -0.39 is 29.4 Å². The Labute approximate surface area is 188 Å². The number of primary amides is 1. The number of hydrogen-bond acceptors (Lipinski definition) is 6. The minimum atomic E-state index is -0.856. The monoisotopic (exact) mass is 441 g/mol. The second-order valence-electron chi connectivity index (χ2n) is 8.46. The number of hydrogen-bond donors (Lipinski definition) is 3. The number of nitrogens with zero attached hydrogens (tertiary/aromatic N) is 2. The van der Waals surface area contributed by atoms with Crippen LogP contribution in [0, 0.1) is 5.41 Å². The maximum Gasteiger partial charge on any atom is 0.407 e. The van der Waals surface area contributed by atoms with Crippen LogP contribution in [0.2, 0.25) is 0 Å². The van der Waals surface area contributed by atoms with Gasteiger partial charge in [-0.2, -0.15) is 0 Å². The van der Waals surface area contributed by atoms with E-state index in [-0.39, 0.29) is 13.0 Å². The fourth-order valence-corrected chi connectivity index (χ4v) is 3.08. The number of ether oxygens (including phenoxy) is 1. The number of nitrogens with two attached hydrogens (primary N) is 1. The fraction of sp³-hybridized carbons (Fsp3) is 0.391. The molecule has 32 heavy (non-hydrogen) atoms. The van der Waals surface area contributed by atoms with Crippen molar-refractivity contribution in [2.24, 2.45) is 11.1 Å². The Kier molecular flexibility index (Phi) is 8.71. The molecular formula is C23H31N5O4. The third-order valence-corrected chi connectivity index (χ3v) is 4.73. The summed E-state index contributed by atoms with van der Waals surface area (Å²) in [4.78, 5) is 40.5. The van der Waals surface area contributed by atoms with Gasteiger partial charge in [-0.25, -0.2) is 9.80 Å². The molecule has 4 N–H and O–H groups in total. The average Bonchev–Trinajstić information content (AvgIpc) is 2.75. The van der Waals surface area contributed by atoms with E-state index in [9.17, 15) is 14.4 Å². The van der Waals surface area contributed by atoms with Crippen LogP contribution in [0.25, 0.3) is 11.3 Å². The van der Waals surface area contributed by atoms with Crippen LogP contribution in [0.3, 0.4) is 0 Å². The molecule has 2 aromatic rings. The van der Waals surface area contributed by atoms with Gasteiger partial charge in [-0.05, 0) is 29.2 Å². The van der Waals surface area contributed by atoms with Gasteiger partial charge in [0.15, 0.2) is 0 Å². The number of rotatable bonds is 9. The van der Waals surface area contributed by atoms with Crippen molar-refractivity contribution in [1.82, 2.24) is 20.7 Å². The van der Waals surface area contributed by atoms with Gasteiger partial charge >= 0.3 is 6.09 Å². The number of carbonyl (C=O) groups excluding carboxylic acids is 3. The van der Waals surface area contributed by atoms with Crippen molar-refractivity contribution in [1.29, 1.82) is 0 Å². The summed E-state index contributed by atoms with van der Waals surface area (Å²) in [6.45, 7) is 6.03. The molecule has 0 fully saturated rings. The van der Waals surface area contributed by atoms with E-state index in [2.05, 4.69) is 20.5 Å². The number of methoxy groups -OCH3 is 1. The molecule has 2 rings (SSSR count). The summed E-state index contributed by atoms with van der Waals surface area (Å²) in [5.74, 6) is -0.903. The maximum absolute atomic E-state index is 13.0. The van der Waals surface area contributed by atoms with E-state index >= 15 is 0 Å². The molecule has 0 unspecified atom stereocenters. The normalized spacial score (nSPS) is 12.2. The van der Waals surface area contributed by atoms with E-state index in [1.165, 1.54) is 7.11 Å². The average molecular weight is 442 g/mol. The summed E-state index contributed by atoms with van der Waals surface area (Å²) in [5.41, 5.74) is 10.2. The Morgan fingerprint density at radius 1 is 1.16 bits per heavy atom. The number of nitrogens with one attached hydrogen (secondary N) is 2. The van der Waals surface area contributed by atoms with Crippen LogP contribution in [0.15, 0.2) is 48.7 Å². The zero-order chi connectivity index (χ0) is 23.7. The predicted molar refractivity (Wildman–Crippen MR) is 121 cm³/mol. The molecule has 1 aromatic heterocycles. The molecule has 172 valence electrons. The second kappa shape index (κ2) is 11.2. The van der Waals surface area contributed by atoms with Gasteiger partial charge in [0, 0.05) is 31.3 Å². The Hall–Kier alpha value is -3.46. The number of carbonyl (C=O) groups is 3. The van der Waals surface area contributed by atoms with Crippen molar-refractivity contribution in [2.45, 2.75) is 39.8 Å². The number of aromatic nitrogens is 1. The molecule has 1 aromatic carbocycles. The van der Waals surface area contributed by atoms with Crippen molar-refractivity contribution in [3.05, 3.63) is 54.2 Å². The summed E-state index contributed by atoms with van der Waals surface area (Å²) in [5, 5.41) is 4.18. The number of alkyl carbamates (subject to hydrolysis) is 1. The summed E-state index contributed by atoms with van der Waals surface area (Å²) in [6, 6.07) is 12.6. The van der Waals surface area contributed by atoms with Crippen molar-refractivity contribution in [2.75, 3.05) is 13.7 Å². The molecule has 0 saturated carbocycles. The van der Waals surface area contributed by atoms with Gasteiger partial charge in [-0.3, -0.25) is 20.0 Å². The third-order valence-electron chi connectivity index (χ3n) is 4.73. The Bertz CT molecular complexity index is 927. The van der Waals surface area contributed by atoms with Crippen molar-refractivity contribution in [3.8, 4) is 11.3 Å². The first-order valence-electron chi connectivity index (χ1n) is 10.3. The van der Waals surface area contributed by atoms with Crippen LogP contribution in [-0.2, 0) is 20.9 Å². The second-order valence-corrected chi connectivity index (χ2v) is 8.46. The van der Waals surface area contributed by atoms with Gasteiger partial charge in [0.1, 0.15) is 6.04 Å². The molecule has 0 aliphatic carbocycles. The summed E-state index contributed by atoms with van der Waals surface area (Å²) < 4.78 is 4.65. The van der Waals surface area contributed by atoms with Crippen LogP contribution in [0.4, 0.5) is 4.79 Å². The maximum atomic E-state index is 13.0. The number of amides is 3. The number of benzene rings is 1. The van der Waals surface area contributed by atoms with Gasteiger partial charge in [0.05, 0.1) is 12.8 Å². The van der Waals surface area contributed by atoms with Gasteiger partial charge < -0.3 is 15.8 Å². The zero-order valence-electron chi connectivity index (χ0n) is 18.9. The molecule has 0 aliphatic heterocycles. The molecule has 0 spiro atoms. The summed E-state index contributed by atoms with van der Waals surface area (Å²) in [6.07, 6.45) is 1.08. The Morgan fingerprint density at radius 2 is 1.91 bits per heavy atom. The summed E-state index contributed by atoms with van der Waals surface area (Å²) in [7, 11) is 1.24. The highest BCUT2D eigenvalue weighted by Crippen LogP contribution is 2.21. The molecule has 0 bridgehead atoms. The molecule has 9 nitrogen and oxygen atoms in total. The lowest BCUT2D eigenvalue weighted by atomic mass is 9.86. The first-order chi connectivity index (χ1) is 15.1. The van der Waals surface area contributed by atoms with Crippen molar-refractivity contribution >= 4 is 17.9 Å². The predicted octanol–water partition coefficient (Wildman–Crippen LogP) is 2.23. The SMILES string of the molecule is COC(=O)N[C@H](C(=O)NN(CCC(N)=O)Cc1cccc(-c2ccccn2)c1)C(C)(C)C. The topological polar surface area (TPSA) is 127 Å². The van der Waals surface area contributed by atoms with Gasteiger partial charge in [-0.1, -0.05) is 45.0 Å². The zero-order valence-corrected chi connectivity index (χ0v) is 18.9. The van der Waals surface area contributed by atoms with Crippen molar-refractivity contribution < 1.29 is 19.1 Å². The molecule has 1 atom stereocenters. The smallest absolute Gasteiger partial charge is 0.407 e. The van der Waals surface area contributed by atoms with Crippen LogP contribution in [0.1, 0.15) is 32.8 Å². The fourth-order valence-electron chi connectivity index (χ4n) is 3.08. The van der Waals surface area contributed by atoms with Crippen LogP contribution in [-0.4, -0.2) is 47.6 Å². The van der Waals surface area contributed by atoms with E-state index in [1.807, 2.05) is 63.2 Å². The summed E-state index contributed by atoms with van der Waals surface area (Å²) >= 11 is 0. The largest absolute Gasteiger partial charge is 0.453 e. The van der Waals surface area contributed by atoms with Gasteiger partial charge in [0.2, 0.25) is 5.91 Å². The first kappa shape index (κ1) is 24.8. The quantitative estimate of drug-likeness (QED) is 0.512. The minimum Gasteiger partial charge on any atom is -0.453 e. The van der Waals surface area contributed by atoms with Crippen LogP contribution < -0.4 is 16.5 Å². The number of hydrazine groups is 1. The van der Waals surface area contributed by atoms with E-state index in [0.29, 0.717) is 6.54 Å². The van der Waals surface area contributed by atoms with Gasteiger partial charge in [-0.15, -0.1) is 0 Å². The van der Waals surface area contributed by atoms with E-state index in [4.69, 9.17) is 5.73 Å². The Morgan fingerprint density at radius 3 is 2.50 bits per heavy atom. The highest BCUT2D eigenvalue weighted by Gasteiger charge is 2.34.